The van der Waals surface area contributed by atoms with Crippen LogP contribution in [-0.4, -0.2) is 22.0 Å². The average molecular weight is 423 g/mol. The van der Waals surface area contributed by atoms with Gasteiger partial charge in [0.15, 0.2) is 0 Å². The summed E-state index contributed by atoms with van der Waals surface area (Å²) in [5.74, 6) is -1.65. The molecule has 0 spiro atoms. The van der Waals surface area contributed by atoms with Gasteiger partial charge < -0.3 is 0 Å². The minimum atomic E-state index is -4.52. The van der Waals surface area contributed by atoms with E-state index in [0.717, 1.165) is 17.0 Å². The Morgan fingerprint density at radius 3 is 2.24 bits per heavy atom. The molecule has 0 aromatic heterocycles. The molecule has 2 aromatic rings. The van der Waals surface area contributed by atoms with Crippen molar-refractivity contribution < 1.29 is 27.2 Å². The third-order valence-corrected chi connectivity index (χ3v) is 5.29. The number of rotatable bonds is 5. The summed E-state index contributed by atoms with van der Waals surface area (Å²) in [6.07, 6.45) is -4.52. The molecule has 0 atom stereocenters. The lowest BCUT2D eigenvalue weighted by atomic mass is 10.1. The van der Waals surface area contributed by atoms with Crippen LogP contribution in [0.4, 0.5) is 17.6 Å². The van der Waals surface area contributed by atoms with Gasteiger partial charge in [-0.2, -0.15) is 13.2 Å². The molecule has 152 valence electrons. The highest BCUT2D eigenvalue weighted by molar-refractivity contribution is 8.04. The summed E-state index contributed by atoms with van der Waals surface area (Å²) in [5.41, 5.74) is -0.131. The molecule has 2 aromatic carbocycles. The lowest BCUT2D eigenvalue weighted by Crippen LogP contribution is -2.31. The molecule has 0 saturated carbocycles. The monoisotopic (exact) mass is 423 g/mol. The van der Waals surface area contributed by atoms with Crippen LogP contribution in [0.2, 0.25) is 0 Å². The van der Waals surface area contributed by atoms with Crippen molar-refractivity contribution in [2.24, 2.45) is 0 Å². The van der Waals surface area contributed by atoms with Crippen LogP contribution in [0.5, 0.6) is 0 Å². The fourth-order valence-electron chi connectivity index (χ4n) is 2.94. The molecule has 1 aliphatic heterocycles. The molecule has 0 radical (unpaired) electrons. The van der Waals surface area contributed by atoms with Crippen molar-refractivity contribution in [3.63, 3.8) is 0 Å². The van der Waals surface area contributed by atoms with Gasteiger partial charge in [-0.3, -0.25) is 14.5 Å². The van der Waals surface area contributed by atoms with Crippen LogP contribution in [0.15, 0.2) is 53.4 Å². The third kappa shape index (κ3) is 4.53. The van der Waals surface area contributed by atoms with Crippen LogP contribution in [-0.2, 0) is 22.3 Å². The zero-order valence-corrected chi connectivity index (χ0v) is 16.4. The highest BCUT2D eigenvalue weighted by atomic mass is 32.2. The van der Waals surface area contributed by atoms with Gasteiger partial charge in [-0.15, -0.1) is 11.8 Å². The Labute approximate surface area is 169 Å². The number of imide groups is 1. The normalized spacial score (nSPS) is 15.1. The van der Waals surface area contributed by atoms with E-state index in [9.17, 15) is 27.2 Å². The summed E-state index contributed by atoms with van der Waals surface area (Å²) in [5, 5.41) is -0.00861. The number of amides is 2. The van der Waals surface area contributed by atoms with E-state index in [1.807, 2.05) is 13.8 Å². The first-order valence-corrected chi connectivity index (χ1v) is 9.65. The first-order chi connectivity index (χ1) is 13.6. The predicted molar refractivity (Wildman–Crippen MR) is 103 cm³/mol. The molecule has 29 heavy (non-hydrogen) atoms. The molecule has 2 amide bonds. The van der Waals surface area contributed by atoms with E-state index in [1.165, 1.54) is 48.2 Å². The molecule has 0 fully saturated rings. The summed E-state index contributed by atoms with van der Waals surface area (Å²) in [6, 6.07) is 9.71. The minimum Gasteiger partial charge on any atom is -0.269 e. The maximum absolute atomic E-state index is 13.3. The van der Waals surface area contributed by atoms with Crippen molar-refractivity contribution in [1.82, 2.24) is 4.90 Å². The molecular formula is C21H17F4NO2S. The maximum atomic E-state index is 13.3. The van der Waals surface area contributed by atoms with Crippen molar-refractivity contribution in [3.8, 4) is 0 Å². The van der Waals surface area contributed by atoms with Gasteiger partial charge in [0.2, 0.25) is 0 Å². The van der Waals surface area contributed by atoms with Gasteiger partial charge in [0.25, 0.3) is 11.8 Å². The summed E-state index contributed by atoms with van der Waals surface area (Å²) in [7, 11) is 0. The molecule has 0 bridgehead atoms. The van der Waals surface area contributed by atoms with Crippen molar-refractivity contribution in [2.45, 2.75) is 31.8 Å². The lowest BCUT2D eigenvalue weighted by Gasteiger charge is -2.16. The number of alkyl halides is 3. The van der Waals surface area contributed by atoms with Crippen molar-refractivity contribution in [2.75, 3.05) is 0 Å². The Balaban J connectivity index is 1.96. The second kappa shape index (κ2) is 8.02. The number of benzene rings is 2. The van der Waals surface area contributed by atoms with Crippen LogP contribution in [0, 0.1) is 5.82 Å². The van der Waals surface area contributed by atoms with Gasteiger partial charge in [0, 0.05) is 5.25 Å². The molecule has 0 N–H and O–H groups in total. The number of hydrogen-bond donors (Lipinski definition) is 0. The SMILES string of the molecule is CC(C)SC1=C(c2ccc(F)cc2)C(=O)N(Cc2cccc(C(F)(F)F)c2)C1=O. The predicted octanol–water partition coefficient (Wildman–Crippen LogP) is 5.27. The molecule has 3 rings (SSSR count). The summed E-state index contributed by atoms with van der Waals surface area (Å²) < 4.78 is 52.2. The summed E-state index contributed by atoms with van der Waals surface area (Å²) in [4.78, 5) is 27.1. The van der Waals surface area contributed by atoms with Gasteiger partial charge in [0.05, 0.1) is 22.6 Å². The Kier molecular flexibility index (Phi) is 5.84. The van der Waals surface area contributed by atoms with Crippen molar-refractivity contribution in [1.29, 1.82) is 0 Å². The van der Waals surface area contributed by atoms with Gasteiger partial charge in [-0.05, 0) is 35.4 Å². The fraction of sp³-hybridized carbons (Fsp3) is 0.238. The van der Waals surface area contributed by atoms with Gasteiger partial charge in [0.1, 0.15) is 5.82 Å². The second-order valence-corrected chi connectivity index (χ2v) is 8.36. The molecule has 1 heterocycles. The largest absolute Gasteiger partial charge is 0.416 e. The molecule has 1 aliphatic rings. The second-order valence-electron chi connectivity index (χ2n) is 6.77. The number of hydrogen-bond acceptors (Lipinski definition) is 3. The van der Waals surface area contributed by atoms with E-state index in [2.05, 4.69) is 0 Å². The molecule has 8 heteroatoms. The smallest absolute Gasteiger partial charge is 0.269 e. The van der Waals surface area contributed by atoms with E-state index in [0.29, 0.717) is 5.56 Å². The fourth-order valence-corrected chi connectivity index (χ4v) is 3.95. The quantitative estimate of drug-likeness (QED) is 0.486. The lowest BCUT2D eigenvalue weighted by molar-refractivity contribution is -0.137. The van der Waals surface area contributed by atoms with E-state index < -0.39 is 29.4 Å². The van der Waals surface area contributed by atoms with Crippen molar-refractivity contribution in [3.05, 3.63) is 75.9 Å². The number of carbonyl (C=O) groups is 2. The van der Waals surface area contributed by atoms with Crippen LogP contribution >= 0.6 is 11.8 Å². The molecule has 0 aliphatic carbocycles. The van der Waals surface area contributed by atoms with Gasteiger partial charge >= 0.3 is 6.18 Å². The highest BCUT2D eigenvalue weighted by Gasteiger charge is 2.40. The molecule has 0 saturated heterocycles. The van der Waals surface area contributed by atoms with Crippen LogP contribution in [0.1, 0.15) is 30.5 Å². The van der Waals surface area contributed by atoms with Crippen LogP contribution in [0.3, 0.4) is 0 Å². The van der Waals surface area contributed by atoms with Crippen molar-refractivity contribution >= 4 is 29.1 Å². The van der Waals surface area contributed by atoms with E-state index in [1.54, 1.807) is 0 Å². The van der Waals surface area contributed by atoms with Gasteiger partial charge in [-0.25, -0.2) is 4.39 Å². The Morgan fingerprint density at radius 1 is 1.00 bits per heavy atom. The minimum absolute atomic E-state index is 0.00861. The first-order valence-electron chi connectivity index (χ1n) is 8.77. The van der Waals surface area contributed by atoms with Gasteiger partial charge in [-0.1, -0.05) is 38.1 Å². The summed E-state index contributed by atoms with van der Waals surface area (Å²) >= 11 is 1.20. The zero-order valence-electron chi connectivity index (χ0n) is 15.6. The number of halogens is 4. The standard InChI is InChI=1S/C21H17F4NO2S/c1-12(2)29-18-17(14-6-8-16(22)9-7-14)19(27)26(20(18)28)11-13-4-3-5-15(10-13)21(23,24)25/h3-10,12H,11H2,1-2H3. The Bertz CT molecular complexity index is 981. The molecular weight excluding hydrogens is 406 g/mol. The number of thioether (sulfide) groups is 1. The number of carbonyl (C=O) groups excluding carboxylic acids is 2. The molecule has 0 unspecified atom stereocenters. The molecule has 3 nitrogen and oxygen atoms in total. The zero-order chi connectivity index (χ0) is 21.3. The highest BCUT2D eigenvalue weighted by Crippen LogP contribution is 2.39. The summed E-state index contributed by atoms with van der Waals surface area (Å²) in [6.45, 7) is 3.43. The van der Waals surface area contributed by atoms with Crippen LogP contribution in [0.25, 0.3) is 5.57 Å². The van der Waals surface area contributed by atoms with E-state index >= 15 is 0 Å². The van der Waals surface area contributed by atoms with E-state index in [4.69, 9.17) is 0 Å². The Morgan fingerprint density at radius 2 is 1.66 bits per heavy atom. The van der Waals surface area contributed by atoms with Crippen LogP contribution < -0.4 is 0 Å². The van der Waals surface area contributed by atoms with E-state index in [-0.39, 0.29) is 27.8 Å². The third-order valence-electron chi connectivity index (χ3n) is 4.21. The Hall–Kier alpha value is -2.61. The number of nitrogens with zero attached hydrogens (tertiary/aromatic N) is 1. The first kappa shape index (κ1) is 21.1. The maximum Gasteiger partial charge on any atom is 0.416 e. The topological polar surface area (TPSA) is 37.4 Å². The average Bonchev–Trinajstić information content (AvgIpc) is 2.86.